The van der Waals surface area contributed by atoms with E-state index in [-0.39, 0.29) is 18.9 Å². The summed E-state index contributed by atoms with van der Waals surface area (Å²) in [5.41, 5.74) is 0. The van der Waals surface area contributed by atoms with Gasteiger partial charge in [-0.1, -0.05) is 231 Å². The first kappa shape index (κ1) is 49.1. The fraction of sp³-hybridized carbons (Fsp3) is 0.933. The standard InChI is InChI=1S/C45H89NO4/c1-3-5-7-9-11-13-15-17-19-21-23-25-27-29-31-33-35-37-39-44(49)43(41-47)46-45(50)40-42(48)38-36-34-32-30-28-26-24-22-20-18-16-14-12-10-8-6-4-2/h37,39,42-44,47-49H,3-36,38,40-41H2,1-2H3,(H,46,50)/b39-37+. The molecule has 0 aliphatic carbocycles. The molecular weight excluding hydrogens is 618 g/mol. The number of aliphatic hydroxyl groups excluding tert-OH is 3. The monoisotopic (exact) mass is 708 g/mol. The molecule has 4 N–H and O–H groups in total. The minimum absolute atomic E-state index is 0.0188. The quantitative estimate of drug-likeness (QED) is 0.0376. The van der Waals surface area contributed by atoms with Crippen LogP contribution in [-0.2, 0) is 4.79 Å². The van der Waals surface area contributed by atoms with Crippen molar-refractivity contribution < 1.29 is 20.1 Å². The van der Waals surface area contributed by atoms with Gasteiger partial charge in [-0.3, -0.25) is 4.79 Å². The van der Waals surface area contributed by atoms with Crippen molar-refractivity contribution >= 4 is 5.91 Å². The van der Waals surface area contributed by atoms with Gasteiger partial charge in [-0.2, -0.15) is 0 Å². The molecule has 0 bridgehead atoms. The number of hydrogen-bond acceptors (Lipinski definition) is 4. The molecular formula is C45H89NO4. The van der Waals surface area contributed by atoms with E-state index in [0.717, 1.165) is 25.7 Å². The summed E-state index contributed by atoms with van der Waals surface area (Å²) in [5.74, 6) is -0.311. The maximum atomic E-state index is 12.4. The number of aliphatic hydroxyl groups is 3. The molecule has 50 heavy (non-hydrogen) atoms. The van der Waals surface area contributed by atoms with Gasteiger partial charge in [0, 0.05) is 0 Å². The Bertz CT molecular complexity index is 699. The van der Waals surface area contributed by atoms with Crippen molar-refractivity contribution in [1.29, 1.82) is 0 Å². The lowest BCUT2D eigenvalue weighted by Gasteiger charge is -2.21. The molecule has 0 aromatic rings. The van der Waals surface area contributed by atoms with Gasteiger partial charge in [-0.25, -0.2) is 0 Å². The molecule has 0 radical (unpaired) electrons. The van der Waals surface area contributed by atoms with Crippen LogP contribution >= 0.6 is 0 Å². The molecule has 5 heteroatoms. The number of allylic oxidation sites excluding steroid dienone is 1. The lowest BCUT2D eigenvalue weighted by molar-refractivity contribution is -0.124. The number of unbranched alkanes of at least 4 members (excludes halogenated alkanes) is 32. The van der Waals surface area contributed by atoms with Crippen LogP contribution < -0.4 is 5.32 Å². The van der Waals surface area contributed by atoms with E-state index in [1.165, 1.54) is 193 Å². The van der Waals surface area contributed by atoms with Crippen LogP contribution in [0.3, 0.4) is 0 Å². The van der Waals surface area contributed by atoms with Crippen LogP contribution in [0.2, 0.25) is 0 Å². The Morgan fingerprint density at radius 3 is 1.16 bits per heavy atom. The zero-order chi connectivity index (χ0) is 36.6. The van der Waals surface area contributed by atoms with Crippen molar-refractivity contribution in [2.75, 3.05) is 6.61 Å². The largest absolute Gasteiger partial charge is 0.394 e. The highest BCUT2D eigenvalue weighted by Crippen LogP contribution is 2.16. The number of amides is 1. The van der Waals surface area contributed by atoms with E-state index in [1.54, 1.807) is 6.08 Å². The molecule has 0 aliphatic heterocycles. The van der Waals surface area contributed by atoms with Crippen LogP contribution in [0.1, 0.15) is 245 Å². The summed E-state index contributed by atoms with van der Waals surface area (Å²) in [6.45, 7) is 4.23. The number of rotatable bonds is 41. The molecule has 0 saturated carbocycles. The van der Waals surface area contributed by atoms with Gasteiger partial charge in [0.15, 0.2) is 0 Å². The maximum absolute atomic E-state index is 12.4. The molecule has 5 nitrogen and oxygen atoms in total. The zero-order valence-corrected chi connectivity index (χ0v) is 33.8. The second kappa shape index (κ2) is 40.9. The number of nitrogens with one attached hydrogen (secondary N) is 1. The molecule has 0 saturated heterocycles. The van der Waals surface area contributed by atoms with Gasteiger partial charge in [0.1, 0.15) is 0 Å². The van der Waals surface area contributed by atoms with Crippen molar-refractivity contribution in [3.8, 4) is 0 Å². The van der Waals surface area contributed by atoms with E-state index < -0.39 is 18.2 Å². The smallest absolute Gasteiger partial charge is 0.222 e. The average Bonchev–Trinajstić information content (AvgIpc) is 3.11. The molecule has 1 amide bonds. The summed E-state index contributed by atoms with van der Waals surface area (Å²) in [5, 5.41) is 33.3. The van der Waals surface area contributed by atoms with E-state index in [9.17, 15) is 20.1 Å². The normalized spacial score (nSPS) is 13.6. The molecule has 0 rings (SSSR count). The van der Waals surface area contributed by atoms with Crippen LogP contribution in [0.15, 0.2) is 12.2 Å². The van der Waals surface area contributed by atoms with Crippen LogP contribution in [0, 0.1) is 0 Å². The fourth-order valence-electron chi connectivity index (χ4n) is 7.11. The van der Waals surface area contributed by atoms with Crippen LogP contribution in [0.4, 0.5) is 0 Å². The first-order valence-electron chi connectivity index (χ1n) is 22.5. The molecule has 0 spiro atoms. The van der Waals surface area contributed by atoms with Gasteiger partial charge < -0.3 is 20.6 Å². The van der Waals surface area contributed by atoms with Crippen LogP contribution in [0.5, 0.6) is 0 Å². The van der Waals surface area contributed by atoms with Gasteiger partial charge in [0.25, 0.3) is 0 Å². The van der Waals surface area contributed by atoms with E-state index in [2.05, 4.69) is 19.2 Å². The summed E-state index contributed by atoms with van der Waals surface area (Å²) in [4.78, 5) is 12.4. The molecule has 0 aliphatic rings. The van der Waals surface area contributed by atoms with E-state index in [0.29, 0.717) is 6.42 Å². The molecule has 0 heterocycles. The summed E-state index contributed by atoms with van der Waals surface area (Å²) in [6.07, 6.45) is 47.8. The van der Waals surface area contributed by atoms with Crippen molar-refractivity contribution in [3.63, 3.8) is 0 Å². The van der Waals surface area contributed by atoms with Crippen molar-refractivity contribution in [2.24, 2.45) is 0 Å². The van der Waals surface area contributed by atoms with Crippen molar-refractivity contribution in [2.45, 2.75) is 263 Å². The summed E-state index contributed by atoms with van der Waals surface area (Å²) in [6, 6.07) is -0.739. The Hall–Kier alpha value is -0.910. The molecule has 0 fully saturated rings. The first-order valence-corrected chi connectivity index (χ1v) is 22.5. The van der Waals surface area contributed by atoms with Crippen LogP contribution in [0.25, 0.3) is 0 Å². The van der Waals surface area contributed by atoms with E-state index in [1.807, 2.05) is 6.08 Å². The molecule has 0 aromatic carbocycles. The lowest BCUT2D eigenvalue weighted by Crippen LogP contribution is -2.45. The predicted molar refractivity (Wildman–Crippen MR) is 218 cm³/mol. The molecule has 298 valence electrons. The zero-order valence-electron chi connectivity index (χ0n) is 33.8. The van der Waals surface area contributed by atoms with Gasteiger partial charge in [0.2, 0.25) is 5.91 Å². The second-order valence-electron chi connectivity index (χ2n) is 15.7. The van der Waals surface area contributed by atoms with Gasteiger partial charge in [-0.15, -0.1) is 0 Å². The third-order valence-corrected chi connectivity index (χ3v) is 10.6. The summed E-state index contributed by atoms with van der Waals surface area (Å²) < 4.78 is 0. The Morgan fingerprint density at radius 2 is 0.820 bits per heavy atom. The highest BCUT2D eigenvalue weighted by atomic mass is 16.3. The minimum atomic E-state index is -0.924. The Morgan fingerprint density at radius 1 is 0.500 bits per heavy atom. The van der Waals surface area contributed by atoms with Crippen molar-refractivity contribution in [3.05, 3.63) is 12.2 Å². The summed E-state index contributed by atoms with van der Waals surface area (Å²) >= 11 is 0. The first-order chi connectivity index (χ1) is 24.5. The number of carbonyl (C=O) groups is 1. The van der Waals surface area contributed by atoms with Gasteiger partial charge in [-0.05, 0) is 19.3 Å². The SMILES string of the molecule is CCCCCCCCCCCCCCCCCC/C=C/C(O)C(CO)NC(=O)CC(O)CCCCCCCCCCCCCCCCCCC. The van der Waals surface area contributed by atoms with Crippen molar-refractivity contribution in [1.82, 2.24) is 5.32 Å². The highest BCUT2D eigenvalue weighted by molar-refractivity contribution is 5.76. The lowest BCUT2D eigenvalue weighted by atomic mass is 10.0. The molecule has 0 aromatic heterocycles. The van der Waals surface area contributed by atoms with Crippen LogP contribution in [-0.4, -0.2) is 46.1 Å². The molecule has 3 unspecified atom stereocenters. The van der Waals surface area contributed by atoms with E-state index >= 15 is 0 Å². The Labute approximate surface area is 312 Å². The average molecular weight is 708 g/mol. The maximum Gasteiger partial charge on any atom is 0.222 e. The molecule has 3 atom stereocenters. The topological polar surface area (TPSA) is 89.8 Å². The second-order valence-corrected chi connectivity index (χ2v) is 15.7. The Balaban J connectivity index is 3.63. The fourth-order valence-corrected chi connectivity index (χ4v) is 7.11. The Kier molecular flexibility index (Phi) is 40.1. The third kappa shape index (κ3) is 36.9. The third-order valence-electron chi connectivity index (χ3n) is 10.6. The highest BCUT2D eigenvalue weighted by Gasteiger charge is 2.20. The number of carbonyl (C=O) groups excluding carboxylic acids is 1. The minimum Gasteiger partial charge on any atom is -0.394 e. The number of hydrogen-bond donors (Lipinski definition) is 4. The van der Waals surface area contributed by atoms with Gasteiger partial charge >= 0.3 is 0 Å². The van der Waals surface area contributed by atoms with E-state index in [4.69, 9.17) is 0 Å². The predicted octanol–water partition coefficient (Wildman–Crippen LogP) is 12.8. The van der Waals surface area contributed by atoms with Gasteiger partial charge in [0.05, 0.1) is 31.3 Å². The summed E-state index contributed by atoms with van der Waals surface area (Å²) in [7, 11) is 0.